The van der Waals surface area contributed by atoms with Crippen molar-refractivity contribution in [1.29, 1.82) is 0 Å². The number of hydrogen-bond donors (Lipinski definition) is 2. The molecule has 2 heterocycles. The molecule has 0 bridgehead atoms. The highest BCUT2D eigenvalue weighted by atomic mass is 16.5. The smallest absolute Gasteiger partial charge is 0.355 e. The van der Waals surface area contributed by atoms with Gasteiger partial charge < -0.3 is 14.7 Å². The minimum absolute atomic E-state index is 0.204. The SMILES string of the molecule is CC(C)OC(=O)c1cc2nc[nH]c(=O)c2[nH]1. The van der Waals surface area contributed by atoms with E-state index < -0.39 is 5.97 Å². The molecular weight excluding hydrogens is 210 g/mol. The zero-order valence-corrected chi connectivity index (χ0v) is 8.90. The van der Waals surface area contributed by atoms with Crippen molar-refractivity contribution in [2.24, 2.45) is 0 Å². The lowest BCUT2D eigenvalue weighted by molar-refractivity contribution is 0.0372. The maximum atomic E-state index is 11.5. The number of carbonyl (C=O) groups is 1. The highest BCUT2D eigenvalue weighted by Crippen LogP contribution is 2.09. The van der Waals surface area contributed by atoms with Gasteiger partial charge >= 0.3 is 5.97 Å². The number of aromatic amines is 2. The Balaban J connectivity index is 2.44. The van der Waals surface area contributed by atoms with E-state index in [9.17, 15) is 9.59 Å². The Kier molecular flexibility index (Phi) is 2.47. The number of carbonyl (C=O) groups excluding carboxylic acids is 1. The molecule has 0 spiro atoms. The molecule has 6 heteroatoms. The summed E-state index contributed by atoms with van der Waals surface area (Å²) in [5, 5.41) is 0. The fourth-order valence-corrected chi connectivity index (χ4v) is 1.34. The lowest BCUT2D eigenvalue weighted by Crippen LogP contribution is -2.12. The van der Waals surface area contributed by atoms with E-state index in [2.05, 4.69) is 15.0 Å². The van der Waals surface area contributed by atoms with Crippen LogP contribution in [0.4, 0.5) is 0 Å². The van der Waals surface area contributed by atoms with Crippen LogP contribution in [-0.4, -0.2) is 27.0 Å². The van der Waals surface area contributed by atoms with Crippen molar-refractivity contribution in [3.05, 3.63) is 28.4 Å². The maximum absolute atomic E-state index is 11.5. The number of nitrogens with one attached hydrogen (secondary N) is 2. The van der Waals surface area contributed by atoms with Crippen molar-refractivity contribution in [2.45, 2.75) is 20.0 Å². The summed E-state index contributed by atoms with van der Waals surface area (Å²) in [4.78, 5) is 31.9. The van der Waals surface area contributed by atoms with E-state index in [4.69, 9.17) is 4.74 Å². The molecule has 0 fully saturated rings. The second kappa shape index (κ2) is 3.80. The number of ether oxygens (including phenoxy) is 1. The average molecular weight is 221 g/mol. The number of H-pyrrole nitrogens is 2. The molecule has 0 aliphatic rings. The van der Waals surface area contributed by atoms with E-state index in [1.54, 1.807) is 13.8 Å². The summed E-state index contributed by atoms with van der Waals surface area (Å²) in [6.07, 6.45) is 1.08. The molecule has 2 aromatic rings. The van der Waals surface area contributed by atoms with Crippen LogP contribution in [0.1, 0.15) is 24.3 Å². The summed E-state index contributed by atoms with van der Waals surface area (Å²) in [6, 6.07) is 1.50. The van der Waals surface area contributed by atoms with Crippen molar-refractivity contribution in [2.75, 3.05) is 0 Å². The Morgan fingerprint density at radius 3 is 2.88 bits per heavy atom. The molecule has 0 saturated heterocycles. The predicted octanol–water partition coefficient (Wildman–Crippen LogP) is 0.816. The van der Waals surface area contributed by atoms with E-state index in [1.807, 2.05) is 0 Å². The molecule has 2 aromatic heterocycles. The van der Waals surface area contributed by atoms with E-state index in [1.165, 1.54) is 12.4 Å². The normalized spacial score (nSPS) is 10.9. The van der Waals surface area contributed by atoms with Gasteiger partial charge in [-0.05, 0) is 19.9 Å². The third-order valence-corrected chi connectivity index (χ3v) is 1.99. The van der Waals surface area contributed by atoms with Crippen LogP contribution < -0.4 is 5.56 Å². The Morgan fingerprint density at radius 1 is 1.50 bits per heavy atom. The van der Waals surface area contributed by atoms with Crippen molar-refractivity contribution >= 4 is 17.0 Å². The van der Waals surface area contributed by atoms with Gasteiger partial charge in [-0.2, -0.15) is 0 Å². The van der Waals surface area contributed by atoms with Crippen LogP contribution in [0.5, 0.6) is 0 Å². The second-order valence-electron chi connectivity index (χ2n) is 3.63. The van der Waals surface area contributed by atoms with Gasteiger partial charge in [-0.15, -0.1) is 0 Å². The molecule has 0 amide bonds. The lowest BCUT2D eigenvalue weighted by Gasteiger charge is -2.05. The molecule has 0 unspecified atom stereocenters. The quantitative estimate of drug-likeness (QED) is 0.735. The molecule has 0 radical (unpaired) electrons. The first kappa shape index (κ1) is 10.4. The van der Waals surface area contributed by atoms with Crippen molar-refractivity contribution in [1.82, 2.24) is 15.0 Å². The third-order valence-electron chi connectivity index (χ3n) is 1.99. The summed E-state index contributed by atoms with van der Waals surface area (Å²) in [5.41, 5.74) is 0.638. The number of esters is 1. The first-order valence-electron chi connectivity index (χ1n) is 4.85. The van der Waals surface area contributed by atoms with Gasteiger partial charge in [0.2, 0.25) is 0 Å². The van der Waals surface area contributed by atoms with Gasteiger partial charge in [-0.3, -0.25) is 4.79 Å². The Hall–Kier alpha value is -2.11. The number of aromatic nitrogens is 3. The van der Waals surface area contributed by atoms with Crippen LogP contribution in [0.25, 0.3) is 11.0 Å². The number of nitrogens with zero attached hydrogens (tertiary/aromatic N) is 1. The Bertz CT molecular complexity index is 582. The number of hydrogen-bond acceptors (Lipinski definition) is 4. The molecule has 2 N–H and O–H groups in total. The average Bonchev–Trinajstić information content (AvgIpc) is 2.61. The zero-order chi connectivity index (χ0) is 11.7. The largest absolute Gasteiger partial charge is 0.458 e. The van der Waals surface area contributed by atoms with E-state index in [0.29, 0.717) is 5.52 Å². The highest BCUT2D eigenvalue weighted by molar-refractivity contribution is 5.93. The van der Waals surface area contributed by atoms with Gasteiger partial charge in [-0.25, -0.2) is 9.78 Å². The topological polar surface area (TPSA) is 87.8 Å². The predicted molar refractivity (Wildman–Crippen MR) is 57.3 cm³/mol. The summed E-state index contributed by atoms with van der Waals surface area (Å²) in [6.45, 7) is 3.51. The molecule has 6 nitrogen and oxygen atoms in total. The van der Waals surface area contributed by atoms with Crippen LogP contribution >= 0.6 is 0 Å². The van der Waals surface area contributed by atoms with Crippen LogP contribution in [-0.2, 0) is 4.74 Å². The minimum atomic E-state index is -0.493. The van der Waals surface area contributed by atoms with Crippen LogP contribution in [0.3, 0.4) is 0 Å². The van der Waals surface area contributed by atoms with Gasteiger partial charge in [0.05, 0.1) is 17.9 Å². The van der Waals surface area contributed by atoms with E-state index in [0.717, 1.165) is 0 Å². The van der Waals surface area contributed by atoms with E-state index >= 15 is 0 Å². The molecular formula is C10H11N3O3. The molecule has 2 rings (SSSR count). The minimum Gasteiger partial charge on any atom is -0.458 e. The molecule has 0 aromatic carbocycles. The molecule has 84 valence electrons. The van der Waals surface area contributed by atoms with Gasteiger partial charge in [0.25, 0.3) is 5.56 Å². The van der Waals surface area contributed by atoms with Gasteiger partial charge in [0, 0.05) is 0 Å². The number of rotatable bonds is 2. The summed E-state index contributed by atoms with van der Waals surface area (Å²) >= 11 is 0. The Morgan fingerprint density at radius 2 is 2.25 bits per heavy atom. The van der Waals surface area contributed by atoms with Crippen LogP contribution in [0, 0.1) is 0 Å². The maximum Gasteiger partial charge on any atom is 0.355 e. The monoisotopic (exact) mass is 221 g/mol. The second-order valence-corrected chi connectivity index (χ2v) is 3.63. The Labute approximate surface area is 90.7 Å². The molecule has 0 atom stereocenters. The third kappa shape index (κ3) is 1.81. The van der Waals surface area contributed by atoms with Crippen LogP contribution in [0.2, 0.25) is 0 Å². The van der Waals surface area contributed by atoms with E-state index in [-0.39, 0.29) is 22.9 Å². The molecule has 16 heavy (non-hydrogen) atoms. The standard InChI is InChI=1S/C10H11N3O3/c1-5(2)16-10(15)7-3-6-8(13-7)9(14)12-4-11-6/h3-5,13H,1-2H3,(H,11,12,14). The molecule has 0 aliphatic carbocycles. The summed E-state index contributed by atoms with van der Waals surface area (Å²) in [5.74, 6) is -0.493. The molecule has 0 aliphatic heterocycles. The fourth-order valence-electron chi connectivity index (χ4n) is 1.34. The first-order chi connectivity index (χ1) is 7.58. The van der Waals surface area contributed by atoms with Crippen LogP contribution in [0.15, 0.2) is 17.2 Å². The molecule has 0 saturated carbocycles. The fraction of sp³-hybridized carbons (Fsp3) is 0.300. The van der Waals surface area contributed by atoms with Crippen molar-refractivity contribution in [3.63, 3.8) is 0 Å². The summed E-state index contributed by atoms with van der Waals surface area (Å²) in [7, 11) is 0. The van der Waals surface area contributed by atoms with Crippen molar-refractivity contribution < 1.29 is 9.53 Å². The van der Waals surface area contributed by atoms with Gasteiger partial charge in [-0.1, -0.05) is 0 Å². The lowest BCUT2D eigenvalue weighted by atomic mass is 10.4. The zero-order valence-electron chi connectivity index (χ0n) is 8.90. The highest BCUT2D eigenvalue weighted by Gasteiger charge is 2.14. The number of fused-ring (bicyclic) bond motifs is 1. The summed E-state index contributed by atoms with van der Waals surface area (Å²) < 4.78 is 5.00. The van der Waals surface area contributed by atoms with Gasteiger partial charge in [0.1, 0.15) is 11.2 Å². The van der Waals surface area contributed by atoms with Gasteiger partial charge in [0.15, 0.2) is 0 Å². The first-order valence-corrected chi connectivity index (χ1v) is 4.85. The van der Waals surface area contributed by atoms with Crippen molar-refractivity contribution in [3.8, 4) is 0 Å².